The van der Waals surface area contributed by atoms with Crippen molar-refractivity contribution < 1.29 is 0 Å². The fourth-order valence-corrected chi connectivity index (χ4v) is 2.49. The highest BCUT2D eigenvalue weighted by Gasteiger charge is 2.09. The topological polar surface area (TPSA) is 41.9 Å². The Morgan fingerprint density at radius 1 is 1.27 bits per heavy atom. The van der Waals surface area contributed by atoms with Crippen LogP contribution in [0, 0.1) is 0 Å². The first kappa shape index (κ1) is 17.1. The molecule has 0 atom stereocenters. The van der Waals surface area contributed by atoms with E-state index >= 15 is 0 Å². The molecule has 0 saturated carbocycles. The van der Waals surface area contributed by atoms with Crippen LogP contribution in [0.2, 0.25) is 10.0 Å². The Morgan fingerprint density at radius 3 is 2.77 bits per heavy atom. The summed E-state index contributed by atoms with van der Waals surface area (Å²) in [5.41, 5.74) is 0.985. The number of nitrogens with zero attached hydrogens (tertiary/aromatic N) is 2. The zero-order chi connectivity index (χ0) is 15.9. The summed E-state index contributed by atoms with van der Waals surface area (Å²) in [5, 5.41) is 12.3. The molecule has 0 spiro atoms. The van der Waals surface area contributed by atoms with Crippen molar-refractivity contribution in [3.8, 4) is 0 Å². The zero-order valence-corrected chi connectivity index (χ0v) is 14.6. The molecule has 1 heterocycles. The molecule has 4 nitrogen and oxygen atoms in total. The number of rotatable bonds is 6. The molecule has 1 aromatic carbocycles. The molecule has 2 N–H and O–H groups in total. The van der Waals surface area contributed by atoms with Crippen LogP contribution in [0.15, 0.2) is 30.5 Å². The molecule has 0 aliphatic rings. The number of nitrogens with one attached hydrogen (secondary N) is 2. The van der Waals surface area contributed by atoms with Gasteiger partial charge in [0.2, 0.25) is 0 Å². The van der Waals surface area contributed by atoms with Crippen molar-refractivity contribution in [3.63, 3.8) is 0 Å². The number of anilines is 1. The van der Waals surface area contributed by atoms with Crippen LogP contribution >= 0.6 is 35.4 Å². The van der Waals surface area contributed by atoms with Gasteiger partial charge in [0.05, 0.1) is 6.54 Å². The van der Waals surface area contributed by atoms with Gasteiger partial charge < -0.3 is 10.6 Å². The third-order valence-corrected chi connectivity index (χ3v) is 3.95. The quantitative estimate of drug-likeness (QED) is 0.597. The van der Waals surface area contributed by atoms with Crippen LogP contribution in [-0.4, -0.2) is 21.4 Å². The van der Waals surface area contributed by atoms with Crippen LogP contribution in [-0.2, 0) is 6.54 Å². The van der Waals surface area contributed by atoms with Gasteiger partial charge in [-0.15, -0.1) is 0 Å². The van der Waals surface area contributed by atoms with E-state index in [2.05, 4.69) is 22.7 Å². The molecule has 0 fully saturated rings. The molecule has 0 amide bonds. The Kier molecular flexibility index (Phi) is 6.49. The Bertz CT molecular complexity index is 642. The van der Waals surface area contributed by atoms with E-state index in [0.29, 0.717) is 27.5 Å². The molecule has 22 heavy (non-hydrogen) atoms. The minimum atomic E-state index is 0.520. The summed E-state index contributed by atoms with van der Waals surface area (Å²) in [6.45, 7) is 3.52. The Balaban J connectivity index is 1.99. The van der Waals surface area contributed by atoms with Crippen LogP contribution in [0.3, 0.4) is 0 Å². The SMILES string of the molecule is CCCCNC(=S)Nc1nn(Cc2ccccc2Cl)cc1Cl. The van der Waals surface area contributed by atoms with E-state index in [4.69, 9.17) is 35.4 Å². The number of halogens is 2. The summed E-state index contributed by atoms with van der Waals surface area (Å²) >= 11 is 17.6. The maximum Gasteiger partial charge on any atom is 0.173 e. The summed E-state index contributed by atoms with van der Waals surface area (Å²) in [6, 6.07) is 7.66. The van der Waals surface area contributed by atoms with E-state index in [9.17, 15) is 0 Å². The zero-order valence-electron chi connectivity index (χ0n) is 12.3. The van der Waals surface area contributed by atoms with Gasteiger partial charge in [0.1, 0.15) is 5.02 Å². The summed E-state index contributed by atoms with van der Waals surface area (Å²) in [4.78, 5) is 0. The minimum absolute atomic E-state index is 0.520. The smallest absolute Gasteiger partial charge is 0.173 e. The van der Waals surface area contributed by atoms with Crippen molar-refractivity contribution in [1.82, 2.24) is 15.1 Å². The van der Waals surface area contributed by atoms with Crippen molar-refractivity contribution >= 4 is 46.4 Å². The van der Waals surface area contributed by atoms with Crippen molar-refractivity contribution in [2.24, 2.45) is 0 Å². The van der Waals surface area contributed by atoms with Gasteiger partial charge in [-0.3, -0.25) is 4.68 Å². The molecule has 0 aliphatic carbocycles. The predicted molar refractivity (Wildman–Crippen MR) is 96.9 cm³/mol. The lowest BCUT2D eigenvalue weighted by Gasteiger charge is -2.08. The Hall–Kier alpha value is -1.30. The molecule has 2 rings (SSSR count). The molecule has 118 valence electrons. The van der Waals surface area contributed by atoms with E-state index in [0.717, 1.165) is 24.9 Å². The van der Waals surface area contributed by atoms with E-state index < -0.39 is 0 Å². The van der Waals surface area contributed by atoms with Crippen LogP contribution in [0.25, 0.3) is 0 Å². The first-order valence-corrected chi connectivity index (χ1v) is 8.27. The fourth-order valence-electron chi connectivity index (χ4n) is 1.89. The maximum absolute atomic E-state index is 6.19. The normalized spacial score (nSPS) is 10.5. The van der Waals surface area contributed by atoms with E-state index in [1.807, 2.05) is 24.3 Å². The highest BCUT2D eigenvalue weighted by molar-refractivity contribution is 7.80. The number of aromatic nitrogens is 2. The van der Waals surface area contributed by atoms with Gasteiger partial charge in [-0.2, -0.15) is 5.10 Å². The van der Waals surface area contributed by atoms with Gasteiger partial charge in [-0.05, 0) is 30.3 Å². The minimum Gasteiger partial charge on any atom is -0.362 e. The molecule has 0 bridgehead atoms. The first-order valence-electron chi connectivity index (χ1n) is 7.11. The number of unbranched alkanes of at least 4 members (excludes halogenated alkanes) is 1. The van der Waals surface area contributed by atoms with Gasteiger partial charge >= 0.3 is 0 Å². The Labute approximate surface area is 145 Å². The van der Waals surface area contributed by atoms with Crippen LogP contribution in [0.4, 0.5) is 5.82 Å². The standard InChI is InChI=1S/C15H18Cl2N4S/c1-2-3-8-18-15(22)19-14-13(17)10-21(20-14)9-11-6-4-5-7-12(11)16/h4-7,10H,2-3,8-9H2,1H3,(H2,18,19,20,22). The molecular weight excluding hydrogens is 339 g/mol. The van der Waals surface area contributed by atoms with E-state index in [1.165, 1.54) is 0 Å². The fraction of sp³-hybridized carbons (Fsp3) is 0.333. The summed E-state index contributed by atoms with van der Waals surface area (Å²) in [7, 11) is 0. The highest BCUT2D eigenvalue weighted by atomic mass is 35.5. The molecule has 2 aromatic rings. The molecule has 0 saturated heterocycles. The molecule has 0 aliphatic heterocycles. The highest BCUT2D eigenvalue weighted by Crippen LogP contribution is 2.21. The Morgan fingerprint density at radius 2 is 2.05 bits per heavy atom. The number of benzene rings is 1. The van der Waals surface area contributed by atoms with Crippen molar-refractivity contribution in [3.05, 3.63) is 46.1 Å². The van der Waals surface area contributed by atoms with Crippen LogP contribution < -0.4 is 10.6 Å². The number of hydrogen-bond acceptors (Lipinski definition) is 2. The lowest BCUT2D eigenvalue weighted by Crippen LogP contribution is -2.29. The van der Waals surface area contributed by atoms with Crippen LogP contribution in [0.1, 0.15) is 25.3 Å². The molecule has 7 heteroatoms. The summed E-state index contributed by atoms with van der Waals surface area (Å²) in [5.74, 6) is 0.544. The average molecular weight is 357 g/mol. The first-order chi connectivity index (χ1) is 10.6. The van der Waals surface area contributed by atoms with Gasteiger partial charge in [0.25, 0.3) is 0 Å². The average Bonchev–Trinajstić information content (AvgIpc) is 2.81. The van der Waals surface area contributed by atoms with Gasteiger partial charge in [0, 0.05) is 17.8 Å². The lowest BCUT2D eigenvalue weighted by atomic mass is 10.2. The largest absolute Gasteiger partial charge is 0.362 e. The predicted octanol–water partition coefficient (Wildman–Crippen LogP) is 4.32. The van der Waals surface area contributed by atoms with Crippen molar-refractivity contribution in [2.75, 3.05) is 11.9 Å². The number of hydrogen-bond donors (Lipinski definition) is 2. The second-order valence-electron chi connectivity index (χ2n) is 4.85. The van der Waals surface area contributed by atoms with Gasteiger partial charge in [-0.1, -0.05) is 54.7 Å². The van der Waals surface area contributed by atoms with Crippen molar-refractivity contribution in [1.29, 1.82) is 0 Å². The molecule has 1 aromatic heterocycles. The molecule has 0 unspecified atom stereocenters. The lowest BCUT2D eigenvalue weighted by molar-refractivity contribution is 0.690. The number of thiocarbonyl (C=S) groups is 1. The van der Waals surface area contributed by atoms with E-state index in [-0.39, 0.29) is 0 Å². The van der Waals surface area contributed by atoms with Gasteiger partial charge in [0.15, 0.2) is 10.9 Å². The second-order valence-corrected chi connectivity index (χ2v) is 6.07. The third kappa shape index (κ3) is 4.87. The maximum atomic E-state index is 6.19. The second kappa shape index (κ2) is 8.36. The summed E-state index contributed by atoms with van der Waals surface area (Å²) < 4.78 is 1.74. The van der Waals surface area contributed by atoms with Gasteiger partial charge in [-0.25, -0.2) is 0 Å². The third-order valence-electron chi connectivity index (χ3n) is 3.06. The molecule has 0 radical (unpaired) electrons. The summed E-state index contributed by atoms with van der Waals surface area (Å²) in [6.07, 6.45) is 3.93. The van der Waals surface area contributed by atoms with Crippen LogP contribution in [0.5, 0.6) is 0 Å². The monoisotopic (exact) mass is 356 g/mol. The molecular formula is C15H18Cl2N4S. The van der Waals surface area contributed by atoms with E-state index in [1.54, 1.807) is 10.9 Å². The van der Waals surface area contributed by atoms with Crippen molar-refractivity contribution in [2.45, 2.75) is 26.3 Å².